The van der Waals surface area contributed by atoms with Gasteiger partial charge >= 0.3 is 0 Å². The molecular weight excluding hydrogens is 236 g/mol. The summed E-state index contributed by atoms with van der Waals surface area (Å²) in [5.41, 5.74) is 6.17. The summed E-state index contributed by atoms with van der Waals surface area (Å²) in [5.74, 6) is 0. The van der Waals surface area contributed by atoms with Crippen molar-refractivity contribution < 1.29 is 4.84 Å². The summed E-state index contributed by atoms with van der Waals surface area (Å²) in [5, 5.41) is 1.55. The highest BCUT2D eigenvalue weighted by Crippen LogP contribution is 2.17. The molecule has 0 fully saturated rings. The van der Waals surface area contributed by atoms with Gasteiger partial charge in [-0.05, 0) is 23.3 Å². The maximum Gasteiger partial charge on any atom is 0.222 e. The summed E-state index contributed by atoms with van der Waals surface area (Å²) in [6.07, 6.45) is 8.40. The van der Waals surface area contributed by atoms with Crippen LogP contribution in [-0.4, -0.2) is 0 Å². The quantitative estimate of drug-likeness (QED) is 0.844. The van der Waals surface area contributed by atoms with E-state index in [2.05, 4.69) is 36.0 Å². The van der Waals surface area contributed by atoms with E-state index in [1.54, 1.807) is 11.4 Å². The van der Waals surface area contributed by atoms with Gasteiger partial charge in [-0.1, -0.05) is 54.6 Å². The molecule has 3 rings (SSSR count). The summed E-state index contributed by atoms with van der Waals surface area (Å²) in [6.45, 7) is 0. The first kappa shape index (κ1) is 11.4. The summed E-state index contributed by atoms with van der Waals surface area (Å²) in [7, 11) is 0. The van der Waals surface area contributed by atoms with Crippen molar-refractivity contribution in [3.63, 3.8) is 0 Å². The van der Waals surface area contributed by atoms with Crippen LogP contribution in [0.25, 0.3) is 12.2 Å². The zero-order valence-corrected chi connectivity index (χ0v) is 10.3. The Kier molecular flexibility index (Phi) is 3.19. The topological polar surface area (TPSA) is 24.5 Å². The van der Waals surface area contributed by atoms with E-state index in [1.165, 1.54) is 5.56 Å². The van der Waals surface area contributed by atoms with Crippen LogP contribution >= 0.6 is 0 Å². The molecule has 0 unspecified atom stereocenters. The van der Waals surface area contributed by atoms with Crippen LogP contribution in [0.5, 0.6) is 0 Å². The minimum absolute atomic E-state index is 0.929. The first-order valence-electron chi connectivity index (χ1n) is 6.05. The first-order chi connectivity index (χ1) is 9.42. The van der Waals surface area contributed by atoms with E-state index in [-0.39, 0.29) is 0 Å². The summed E-state index contributed by atoms with van der Waals surface area (Å²) >= 11 is 0. The second-order valence-corrected chi connectivity index (χ2v) is 4.11. The van der Waals surface area contributed by atoms with Crippen LogP contribution in [0.15, 0.2) is 60.8 Å². The molecule has 0 saturated carbocycles. The molecule has 1 aliphatic heterocycles. The average molecular weight is 249 g/mol. The van der Waals surface area contributed by atoms with Crippen LogP contribution in [0.2, 0.25) is 0 Å². The highest BCUT2D eigenvalue weighted by molar-refractivity contribution is 5.70. The van der Waals surface area contributed by atoms with Gasteiger partial charge < -0.3 is 4.84 Å². The van der Waals surface area contributed by atoms with Gasteiger partial charge in [0.05, 0.1) is 11.9 Å². The van der Waals surface area contributed by atoms with Crippen molar-refractivity contribution in [3.8, 4) is 0 Å². The Morgan fingerprint density at radius 3 is 2.21 bits per heavy atom. The average Bonchev–Trinajstić information content (AvgIpc) is 3.01. The van der Waals surface area contributed by atoms with Crippen molar-refractivity contribution in [1.82, 2.24) is 5.43 Å². The van der Waals surface area contributed by atoms with Crippen LogP contribution in [-0.2, 0) is 4.84 Å². The molecule has 3 heteroatoms. The van der Waals surface area contributed by atoms with Gasteiger partial charge in [0.2, 0.25) is 6.26 Å². The third-order valence-corrected chi connectivity index (χ3v) is 2.78. The highest BCUT2D eigenvalue weighted by atomic mass is 16.7. The molecule has 2 aromatic carbocycles. The highest BCUT2D eigenvalue weighted by Gasteiger charge is 2.08. The number of nitrogens with one attached hydrogen (secondary N) is 1. The van der Waals surface area contributed by atoms with Crippen LogP contribution in [0, 0.1) is 6.26 Å². The molecule has 0 amide bonds. The molecule has 0 atom stereocenters. The predicted octanol–water partition coefficient (Wildman–Crippen LogP) is 3.39. The first-order valence-corrected chi connectivity index (χ1v) is 6.05. The largest absolute Gasteiger partial charge is 0.354 e. The fourth-order valence-electron chi connectivity index (χ4n) is 1.80. The molecule has 1 heterocycles. The Morgan fingerprint density at radius 1 is 0.895 bits per heavy atom. The van der Waals surface area contributed by atoms with E-state index in [0.29, 0.717) is 0 Å². The molecule has 0 aromatic heterocycles. The summed E-state index contributed by atoms with van der Waals surface area (Å²) in [4.78, 5) is 5.11. The van der Waals surface area contributed by atoms with Crippen molar-refractivity contribution in [2.45, 2.75) is 0 Å². The molecule has 0 spiro atoms. The fraction of sp³-hybridized carbons (Fsp3) is 0. The van der Waals surface area contributed by atoms with Gasteiger partial charge in [-0.25, -0.2) is 0 Å². The van der Waals surface area contributed by atoms with Gasteiger partial charge in [0.15, 0.2) is 0 Å². The lowest BCUT2D eigenvalue weighted by Crippen LogP contribution is -2.27. The minimum atomic E-state index is 0.929. The molecule has 1 aliphatic rings. The van der Waals surface area contributed by atoms with Crippen LogP contribution in [0.3, 0.4) is 0 Å². The molecule has 0 bridgehead atoms. The lowest BCUT2D eigenvalue weighted by Gasteiger charge is -2.15. The smallest absolute Gasteiger partial charge is 0.222 e. The molecule has 2 aromatic rings. The van der Waals surface area contributed by atoms with Crippen molar-refractivity contribution in [2.75, 3.05) is 5.17 Å². The predicted molar refractivity (Wildman–Crippen MR) is 76.3 cm³/mol. The third kappa shape index (κ3) is 2.77. The SMILES string of the molecule is [C]1=CNN(c2ccc(C=Cc3ccccc3)cc2)O1. The lowest BCUT2D eigenvalue weighted by molar-refractivity contribution is 0.204. The van der Waals surface area contributed by atoms with Crippen molar-refractivity contribution in [2.24, 2.45) is 0 Å². The van der Waals surface area contributed by atoms with Crippen LogP contribution in [0.1, 0.15) is 11.1 Å². The van der Waals surface area contributed by atoms with Crippen molar-refractivity contribution in [3.05, 3.63) is 78.2 Å². The number of hydrazine groups is 1. The fourth-order valence-corrected chi connectivity index (χ4v) is 1.80. The molecule has 0 aliphatic carbocycles. The zero-order chi connectivity index (χ0) is 12.9. The number of benzene rings is 2. The monoisotopic (exact) mass is 249 g/mol. The molecule has 19 heavy (non-hydrogen) atoms. The van der Waals surface area contributed by atoms with Gasteiger partial charge in [-0.15, -0.1) is 5.17 Å². The Balaban J connectivity index is 1.71. The molecule has 1 radical (unpaired) electrons. The van der Waals surface area contributed by atoms with Crippen molar-refractivity contribution in [1.29, 1.82) is 0 Å². The molecule has 1 N–H and O–H groups in total. The summed E-state index contributed by atoms with van der Waals surface area (Å²) < 4.78 is 0. The van der Waals surface area contributed by atoms with Gasteiger partial charge in [0.1, 0.15) is 0 Å². The molecular formula is C16H13N2O. The molecule has 93 valence electrons. The van der Waals surface area contributed by atoms with Gasteiger partial charge in [-0.3, -0.25) is 5.43 Å². The van der Waals surface area contributed by atoms with E-state index < -0.39 is 0 Å². The number of nitrogens with zero attached hydrogens (tertiary/aromatic N) is 1. The van der Waals surface area contributed by atoms with E-state index in [4.69, 9.17) is 4.84 Å². The van der Waals surface area contributed by atoms with Crippen molar-refractivity contribution >= 4 is 17.8 Å². The Labute approximate surface area is 112 Å². The van der Waals surface area contributed by atoms with E-state index in [0.717, 1.165) is 11.3 Å². The van der Waals surface area contributed by atoms with Crippen LogP contribution < -0.4 is 10.6 Å². The number of hydrogen-bond donors (Lipinski definition) is 1. The Bertz CT molecular complexity index is 580. The number of anilines is 1. The second-order valence-electron chi connectivity index (χ2n) is 4.11. The van der Waals surface area contributed by atoms with Gasteiger partial charge in [0, 0.05) is 0 Å². The van der Waals surface area contributed by atoms with Crippen LogP contribution in [0.4, 0.5) is 5.69 Å². The zero-order valence-electron chi connectivity index (χ0n) is 10.3. The summed E-state index contributed by atoms with van der Waals surface area (Å²) in [6, 6.07) is 18.3. The van der Waals surface area contributed by atoms with Gasteiger partial charge in [-0.2, -0.15) is 0 Å². The van der Waals surface area contributed by atoms with E-state index in [1.807, 2.05) is 42.5 Å². The Hall–Kier alpha value is -2.68. The molecule has 0 saturated heterocycles. The third-order valence-electron chi connectivity index (χ3n) is 2.78. The van der Waals surface area contributed by atoms with E-state index in [9.17, 15) is 0 Å². The normalized spacial score (nSPS) is 13.6. The molecule has 3 nitrogen and oxygen atoms in total. The van der Waals surface area contributed by atoms with E-state index >= 15 is 0 Å². The maximum absolute atomic E-state index is 5.11. The number of rotatable bonds is 3. The standard InChI is InChI=1S/C16H13N2O/c1-2-4-14(5-3-1)6-7-15-8-10-16(11-9-15)18-17-12-13-19-18/h1-12,17H. The maximum atomic E-state index is 5.11. The van der Waals surface area contributed by atoms with Gasteiger partial charge in [0.25, 0.3) is 0 Å². The Morgan fingerprint density at radius 2 is 1.58 bits per heavy atom. The minimum Gasteiger partial charge on any atom is -0.354 e. The number of hydrogen-bond acceptors (Lipinski definition) is 3. The lowest BCUT2D eigenvalue weighted by atomic mass is 10.1. The second kappa shape index (κ2) is 5.31.